The lowest BCUT2D eigenvalue weighted by molar-refractivity contribution is 0.0695. The van der Waals surface area contributed by atoms with Crippen LogP contribution in [0.15, 0.2) is 12.1 Å². The molecule has 0 aliphatic carbocycles. The smallest absolute Gasteiger partial charge is 0.335 e. The topological polar surface area (TPSA) is 74.2 Å². The van der Waals surface area contributed by atoms with Crippen LogP contribution >= 0.6 is 0 Å². The van der Waals surface area contributed by atoms with Crippen LogP contribution in [0.25, 0.3) is 0 Å². The Morgan fingerprint density at radius 2 is 1.71 bits per heavy atom. The van der Waals surface area contributed by atoms with E-state index in [2.05, 4.69) is 13.8 Å². The molecule has 1 aromatic carbocycles. The number of rotatable bonds is 9. The van der Waals surface area contributed by atoms with Gasteiger partial charge in [0.1, 0.15) is 6.61 Å². The lowest BCUT2D eigenvalue weighted by Gasteiger charge is -2.15. The Morgan fingerprint density at radius 1 is 1.14 bits per heavy atom. The SMILES string of the molecule is COc1cc(C(=O)O)cc(OC)c1OCCOCC(C)C. The van der Waals surface area contributed by atoms with Gasteiger partial charge in [0.2, 0.25) is 5.75 Å². The average Bonchev–Trinajstić information content (AvgIpc) is 2.45. The van der Waals surface area contributed by atoms with E-state index in [1.807, 2.05) is 0 Å². The molecule has 6 heteroatoms. The number of hydrogen-bond donors (Lipinski definition) is 1. The highest BCUT2D eigenvalue weighted by Crippen LogP contribution is 2.38. The molecule has 0 saturated carbocycles. The van der Waals surface area contributed by atoms with Crippen molar-refractivity contribution in [3.05, 3.63) is 17.7 Å². The molecule has 1 N–H and O–H groups in total. The Balaban J connectivity index is 2.77. The maximum absolute atomic E-state index is 11.0. The van der Waals surface area contributed by atoms with E-state index in [4.69, 9.17) is 24.1 Å². The second-order valence-electron chi connectivity index (χ2n) is 4.83. The lowest BCUT2D eigenvalue weighted by atomic mass is 10.2. The first-order valence-electron chi connectivity index (χ1n) is 6.69. The second-order valence-corrected chi connectivity index (χ2v) is 4.83. The summed E-state index contributed by atoms with van der Waals surface area (Å²) in [6.07, 6.45) is 0. The normalized spacial score (nSPS) is 10.5. The van der Waals surface area contributed by atoms with Crippen LogP contribution in [0.2, 0.25) is 0 Å². The molecule has 0 aromatic heterocycles. The fourth-order valence-corrected chi connectivity index (χ4v) is 1.67. The molecule has 0 fully saturated rings. The summed E-state index contributed by atoms with van der Waals surface area (Å²) in [5.74, 6) is 0.409. The molecule has 0 amide bonds. The first-order valence-corrected chi connectivity index (χ1v) is 6.69. The Labute approximate surface area is 124 Å². The molecule has 6 nitrogen and oxygen atoms in total. The van der Waals surface area contributed by atoms with Gasteiger partial charge in [0, 0.05) is 6.61 Å². The van der Waals surface area contributed by atoms with Crippen molar-refractivity contribution in [2.75, 3.05) is 34.0 Å². The monoisotopic (exact) mass is 298 g/mol. The van der Waals surface area contributed by atoms with Crippen molar-refractivity contribution in [3.63, 3.8) is 0 Å². The van der Waals surface area contributed by atoms with Crippen LogP contribution in [0.3, 0.4) is 0 Å². The molecule has 0 atom stereocenters. The van der Waals surface area contributed by atoms with Gasteiger partial charge >= 0.3 is 5.97 Å². The summed E-state index contributed by atoms with van der Waals surface area (Å²) in [6.45, 7) is 5.56. The van der Waals surface area contributed by atoms with Crippen LogP contribution in [-0.4, -0.2) is 45.1 Å². The predicted molar refractivity (Wildman–Crippen MR) is 77.7 cm³/mol. The highest BCUT2D eigenvalue weighted by Gasteiger charge is 2.17. The third-order valence-electron chi connectivity index (χ3n) is 2.63. The van der Waals surface area contributed by atoms with Gasteiger partial charge in [-0.15, -0.1) is 0 Å². The van der Waals surface area contributed by atoms with Gasteiger partial charge in [0.15, 0.2) is 11.5 Å². The molecule has 21 heavy (non-hydrogen) atoms. The minimum atomic E-state index is -1.06. The van der Waals surface area contributed by atoms with Crippen molar-refractivity contribution in [2.24, 2.45) is 5.92 Å². The minimum Gasteiger partial charge on any atom is -0.493 e. The molecule has 1 rings (SSSR count). The fourth-order valence-electron chi connectivity index (χ4n) is 1.67. The molecule has 0 aliphatic heterocycles. The second kappa shape index (κ2) is 8.36. The number of benzene rings is 1. The number of methoxy groups -OCH3 is 2. The van der Waals surface area contributed by atoms with E-state index in [1.165, 1.54) is 26.4 Å². The van der Waals surface area contributed by atoms with Gasteiger partial charge < -0.3 is 24.1 Å². The molecule has 0 bridgehead atoms. The Kier molecular flexibility index (Phi) is 6.81. The Hall–Kier alpha value is -1.95. The van der Waals surface area contributed by atoms with Crippen molar-refractivity contribution < 1.29 is 28.8 Å². The first-order chi connectivity index (χ1) is 9.99. The number of carbonyl (C=O) groups is 1. The Bertz CT molecular complexity index is 444. The van der Waals surface area contributed by atoms with Gasteiger partial charge in [0.25, 0.3) is 0 Å². The molecule has 0 unspecified atom stereocenters. The molecule has 0 aliphatic rings. The summed E-state index contributed by atoms with van der Waals surface area (Å²) < 4.78 is 21.4. The van der Waals surface area contributed by atoms with Crippen molar-refractivity contribution in [2.45, 2.75) is 13.8 Å². The van der Waals surface area contributed by atoms with Crippen LogP contribution in [0.1, 0.15) is 24.2 Å². The maximum Gasteiger partial charge on any atom is 0.335 e. The quantitative estimate of drug-likeness (QED) is 0.706. The molecule has 0 spiro atoms. The zero-order chi connectivity index (χ0) is 15.8. The zero-order valence-corrected chi connectivity index (χ0v) is 12.8. The van der Waals surface area contributed by atoms with E-state index < -0.39 is 5.97 Å². The summed E-state index contributed by atoms with van der Waals surface area (Å²) in [6, 6.07) is 2.80. The van der Waals surface area contributed by atoms with E-state index >= 15 is 0 Å². The van der Waals surface area contributed by atoms with Crippen LogP contribution < -0.4 is 14.2 Å². The summed E-state index contributed by atoms with van der Waals surface area (Å²) in [5.41, 5.74) is 0.0760. The van der Waals surface area contributed by atoms with Crippen molar-refractivity contribution in [3.8, 4) is 17.2 Å². The van der Waals surface area contributed by atoms with E-state index in [1.54, 1.807) is 0 Å². The number of ether oxygens (including phenoxy) is 4. The van der Waals surface area contributed by atoms with E-state index in [-0.39, 0.29) is 5.56 Å². The van der Waals surface area contributed by atoms with Gasteiger partial charge in [-0.1, -0.05) is 13.8 Å². The van der Waals surface area contributed by atoms with Gasteiger partial charge in [-0.3, -0.25) is 0 Å². The summed E-state index contributed by atoms with van der Waals surface area (Å²) >= 11 is 0. The van der Waals surface area contributed by atoms with Crippen LogP contribution in [0, 0.1) is 5.92 Å². The number of carboxylic acid groups (broad SMARTS) is 1. The van der Waals surface area contributed by atoms with Gasteiger partial charge in [-0.05, 0) is 18.1 Å². The average molecular weight is 298 g/mol. The number of hydrogen-bond acceptors (Lipinski definition) is 5. The zero-order valence-electron chi connectivity index (χ0n) is 12.8. The highest BCUT2D eigenvalue weighted by molar-refractivity contribution is 5.89. The van der Waals surface area contributed by atoms with E-state index in [9.17, 15) is 4.79 Å². The largest absolute Gasteiger partial charge is 0.493 e. The minimum absolute atomic E-state index is 0.0760. The van der Waals surface area contributed by atoms with E-state index in [0.29, 0.717) is 43.0 Å². The molecular weight excluding hydrogens is 276 g/mol. The molecule has 0 radical (unpaired) electrons. The van der Waals surface area contributed by atoms with Gasteiger partial charge in [-0.2, -0.15) is 0 Å². The highest BCUT2D eigenvalue weighted by atomic mass is 16.6. The van der Waals surface area contributed by atoms with Crippen LogP contribution in [0.4, 0.5) is 0 Å². The fraction of sp³-hybridized carbons (Fsp3) is 0.533. The number of carboxylic acids is 1. The summed E-state index contributed by atoms with van der Waals surface area (Å²) in [4.78, 5) is 11.0. The van der Waals surface area contributed by atoms with Crippen molar-refractivity contribution >= 4 is 5.97 Å². The van der Waals surface area contributed by atoms with Crippen molar-refractivity contribution in [1.29, 1.82) is 0 Å². The number of aromatic carboxylic acids is 1. The molecular formula is C15H22O6. The molecule has 0 heterocycles. The molecule has 0 saturated heterocycles. The van der Waals surface area contributed by atoms with Gasteiger partial charge in [0.05, 0.1) is 26.4 Å². The third-order valence-corrected chi connectivity index (χ3v) is 2.63. The molecule has 1 aromatic rings. The van der Waals surface area contributed by atoms with Gasteiger partial charge in [-0.25, -0.2) is 4.79 Å². The first kappa shape index (κ1) is 17.1. The predicted octanol–water partition coefficient (Wildman–Crippen LogP) is 2.45. The summed E-state index contributed by atoms with van der Waals surface area (Å²) in [7, 11) is 2.89. The van der Waals surface area contributed by atoms with Crippen LogP contribution in [0.5, 0.6) is 17.2 Å². The Morgan fingerprint density at radius 3 is 2.14 bits per heavy atom. The molecule has 118 valence electrons. The maximum atomic E-state index is 11.0. The summed E-state index contributed by atoms with van der Waals surface area (Å²) in [5, 5.41) is 9.04. The lowest BCUT2D eigenvalue weighted by Crippen LogP contribution is -2.11. The standard InChI is InChI=1S/C15H22O6/c1-10(2)9-20-5-6-21-14-12(18-3)7-11(15(16)17)8-13(14)19-4/h7-8,10H,5-6,9H2,1-4H3,(H,16,17). The van der Waals surface area contributed by atoms with Crippen LogP contribution in [-0.2, 0) is 4.74 Å². The third kappa shape index (κ3) is 5.15. The van der Waals surface area contributed by atoms with Crippen molar-refractivity contribution in [1.82, 2.24) is 0 Å². The van der Waals surface area contributed by atoms with E-state index in [0.717, 1.165) is 0 Å².